The summed E-state index contributed by atoms with van der Waals surface area (Å²) in [5, 5.41) is 5.48. The van der Waals surface area contributed by atoms with E-state index in [2.05, 4.69) is 10.6 Å². The van der Waals surface area contributed by atoms with Crippen LogP contribution in [0.2, 0.25) is 10.0 Å². The Hall–Kier alpha value is -2.77. The Morgan fingerprint density at radius 1 is 1.18 bits per heavy atom. The molecule has 7 nitrogen and oxygen atoms in total. The average Bonchev–Trinajstić information content (AvgIpc) is 2.95. The molecule has 144 valence electrons. The fraction of sp³-hybridized carbons (Fsp3) is 0.211. The second-order valence-electron chi connectivity index (χ2n) is 6.52. The second-order valence-corrected chi connectivity index (χ2v) is 7.33. The Morgan fingerprint density at radius 2 is 1.89 bits per heavy atom. The fourth-order valence-corrected chi connectivity index (χ4v) is 3.70. The van der Waals surface area contributed by atoms with E-state index in [1.165, 1.54) is 12.1 Å². The lowest BCUT2D eigenvalue weighted by Crippen LogP contribution is -2.51. The summed E-state index contributed by atoms with van der Waals surface area (Å²) in [7, 11) is 0. The lowest BCUT2D eigenvalue weighted by atomic mass is 9.82. The minimum Gasteiger partial charge on any atom is -0.490 e. The van der Waals surface area contributed by atoms with Gasteiger partial charge in [-0.05, 0) is 30.3 Å². The van der Waals surface area contributed by atoms with Gasteiger partial charge in [-0.15, -0.1) is 0 Å². The molecule has 2 aliphatic heterocycles. The van der Waals surface area contributed by atoms with Crippen LogP contribution in [0.25, 0.3) is 0 Å². The molecular weight excluding hydrogens is 407 g/mol. The highest BCUT2D eigenvalue weighted by molar-refractivity contribution is 6.42. The lowest BCUT2D eigenvalue weighted by Gasteiger charge is -2.37. The molecule has 9 heteroatoms. The molecule has 0 aliphatic carbocycles. The molecular formula is C19H14Cl2N2O5. The number of imide groups is 1. The van der Waals surface area contributed by atoms with Crippen molar-refractivity contribution in [2.45, 2.75) is 18.1 Å². The van der Waals surface area contributed by atoms with Gasteiger partial charge in [-0.2, -0.15) is 0 Å². The summed E-state index contributed by atoms with van der Waals surface area (Å²) >= 11 is 12.2. The molecule has 1 fully saturated rings. The summed E-state index contributed by atoms with van der Waals surface area (Å²) in [5.41, 5.74) is -0.336. The van der Waals surface area contributed by atoms with Crippen molar-refractivity contribution in [1.82, 2.24) is 10.6 Å². The molecule has 0 bridgehead atoms. The Morgan fingerprint density at radius 3 is 2.54 bits per heavy atom. The van der Waals surface area contributed by atoms with Gasteiger partial charge in [0.2, 0.25) is 0 Å². The zero-order chi connectivity index (χ0) is 19.9. The highest BCUT2D eigenvalue weighted by Gasteiger charge is 2.53. The van der Waals surface area contributed by atoms with E-state index in [9.17, 15) is 14.4 Å². The van der Waals surface area contributed by atoms with Crippen LogP contribution in [0, 0.1) is 0 Å². The van der Waals surface area contributed by atoms with Gasteiger partial charge in [-0.3, -0.25) is 14.9 Å². The number of hydrogen-bond donors (Lipinski definition) is 2. The first-order valence-electron chi connectivity index (χ1n) is 8.39. The smallest absolute Gasteiger partial charge is 0.322 e. The third-order valence-corrected chi connectivity index (χ3v) is 5.43. The minimum absolute atomic E-state index is 0.116. The van der Waals surface area contributed by atoms with Gasteiger partial charge >= 0.3 is 6.03 Å². The largest absolute Gasteiger partial charge is 0.490 e. The third kappa shape index (κ3) is 3.16. The molecule has 4 rings (SSSR count). The highest BCUT2D eigenvalue weighted by atomic mass is 35.5. The molecule has 2 N–H and O–H groups in total. The number of amides is 3. The van der Waals surface area contributed by atoms with Crippen molar-refractivity contribution >= 4 is 41.4 Å². The Balaban J connectivity index is 1.62. The molecule has 3 amide bonds. The van der Waals surface area contributed by atoms with Gasteiger partial charge in [0, 0.05) is 23.6 Å². The van der Waals surface area contributed by atoms with E-state index < -0.39 is 23.6 Å². The molecule has 2 aromatic carbocycles. The number of rotatable bonds is 4. The van der Waals surface area contributed by atoms with E-state index in [1.807, 2.05) is 0 Å². The van der Waals surface area contributed by atoms with Crippen LogP contribution < -0.4 is 20.1 Å². The van der Waals surface area contributed by atoms with Crippen molar-refractivity contribution in [3.8, 4) is 11.5 Å². The molecule has 2 unspecified atom stereocenters. The van der Waals surface area contributed by atoms with Gasteiger partial charge in [-0.25, -0.2) is 4.79 Å². The van der Waals surface area contributed by atoms with Crippen molar-refractivity contribution < 1.29 is 23.9 Å². The third-order valence-electron chi connectivity index (χ3n) is 4.70. The number of benzene rings is 2. The minimum atomic E-state index is -1.31. The monoisotopic (exact) mass is 420 g/mol. The molecule has 28 heavy (non-hydrogen) atoms. The molecule has 2 aliphatic rings. The molecule has 2 aromatic rings. The number of fused-ring (bicyclic) bond motifs is 2. The Labute approximate surface area is 169 Å². The van der Waals surface area contributed by atoms with Crippen LogP contribution in [-0.4, -0.2) is 30.9 Å². The standard InChI is InChI=1S/C19H14Cl2N2O5/c20-14-5-13-16(6-15(14)21)28-12(7-19(13)17(25)22-18(26)23-19)9-27-11-3-1-10(8-24)2-4-11/h1-6,8,12H,7,9H2,(H2,22,23,25,26). The van der Waals surface area contributed by atoms with Crippen molar-refractivity contribution in [3.63, 3.8) is 0 Å². The van der Waals surface area contributed by atoms with E-state index in [0.29, 0.717) is 22.6 Å². The summed E-state index contributed by atoms with van der Waals surface area (Å²) in [6, 6.07) is 9.05. The van der Waals surface area contributed by atoms with Gasteiger partial charge < -0.3 is 14.8 Å². The molecule has 0 aromatic heterocycles. The lowest BCUT2D eigenvalue weighted by molar-refractivity contribution is -0.126. The first-order chi connectivity index (χ1) is 13.4. The van der Waals surface area contributed by atoms with Crippen LogP contribution in [0.3, 0.4) is 0 Å². The maximum absolute atomic E-state index is 12.6. The first-order valence-corrected chi connectivity index (χ1v) is 9.15. The van der Waals surface area contributed by atoms with Crippen LogP contribution in [0.15, 0.2) is 36.4 Å². The number of urea groups is 1. The number of hydrogen-bond acceptors (Lipinski definition) is 5. The van der Waals surface area contributed by atoms with E-state index in [1.54, 1.807) is 24.3 Å². The highest BCUT2D eigenvalue weighted by Crippen LogP contribution is 2.44. The number of aldehydes is 1. The Bertz CT molecular complexity index is 979. The number of halogens is 2. The van der Waals surface area contributed by atoms with E-state index in [0.717, 1.165) is 6.29 Å². The molecule has 1 spiro atoms. The molecule has 0 radical (unpaired) electrons. The summed E-state index contributed by atoms with van der Waals surface area (Å²) in [5.74, 6) is 0.409. The zero-order valence-electron chi connectivity index (χ0n) is 14.3. The van der Waals surface area contributed by atoms with Crippen LogP contribution in [-0.2, 0) is 10.3 Å². The SMILES string of the molecule is O=Cc1ccc(OCC2CC3(NC(=O)NC3=O)c3cc(Cl)c(Cl)cc3O2)cc1. The van der Waals surface area contributed by atoms with E-state index in [-0.39, 0.29) is 23.1 Å². The number of carbonyl (C=O) groups excluding carboxylic acids is 3. The van der Waals surface area contributed by atoms with Crippen LogP contribution in [0.1, 0.15) is 22.3 Å². The first kappa shape index (κ1) is 18.6. The maximum atomic E-state index is 12.6. The molecule has 2 heterocycles. The summed E-state index contributed by atoms with van der Waals surface area (Å²) in [4.78, 5) is 35.2. The summed E-state index contributed by atoms with van der Waals surface area (Å²) in [6.45, 7) is 0.116. The zero-order valence-corrected chi connectivity index (χ0v) is 15.8. The normalized spacial score (nSPS) is 22.9. The summed E-state index contributed by atoms with van der Waals surface area (Å²) in [6.07, 6.45) is 0.354. The van der Waals surface area contributed by atoms with E-state index in [4.69, 9.17) is 32.7 Å². The Kier molecular flexibility index (Phi) is 4.64. The number of ether oxygens (including phenoxy) is 2. The fourth-order valence-electron chi connectivity index (χ4n) is 3.38. The van der Waals surface area contributed by atoms with Crippen LogP contribution in [0.5, 0.6) is 11.5 Å². The quantitative estimate of drug-likeness (QED) is 0.585. The van der Waals surface area contributed by atoms with Gasteiger partial charge in [0.15, 0.2) is 5.54 Å². The van der Waals surface area contributed by atoms with Crippen molar-refractivity contribution in [3.05, 3.63) is 57.6 Å². The molecule has 0 saturated carbocycles. The average molecular weight is 421 g/mol. The predicted octanol–water partition coefficient (Wildman–Crippen LogP) is 3.07. The van der Waals surface area contributed by atoms with Gasteiger partial charge in [0.1, 0.15) is 30.5 Å². The predicted molar refractivity (Wildman–Crippen MR) is 101 cm³/mol. The van der Waals surface area contributed by atoms with Crippen LogP contribution >= 0.6 is 23.2 Å². The van der Waals surface area contributed by atoms with Gasteiger partial charge in [0.05, 0.1) is 10.0 Å². The number of nitrogens with one attached hydrogen (secondary N) is 2. The molecule has 2 atom stereocenters. The van der Waals surface area contributed by atoms with Crippen LogP contribution in [0.4, 0.5) is 4.79 Å². The van der Waals surface area contributed by atoms with Crippen molar-refractivity contribution in [2.24, 2.45) is 0 Å². The number of carbonyl (C=O) groups is 3. The maximum Gasteiger partial charge on any atom is 0.322 e. The van der Waals surface area contributed by atoms with E-state index >= 15 is 0 Å². The summed E-state index contributed by atoms with van der Waals surface area (Å²) < 4.78 is 11.7. The van der Waals surface area contributed by atoms with Crippen molar-refractivity contribution in [2.75, 3.05) is 6.61 Å². The van der Waals surface area contributed by atoms with Crippen molar-refractivity contribution in [1.29, 1.82) is 0 Å². The van der Waals surface area contributed by atoms with Gasteiger partial charge in [-0.1, -0.05) is 23.2 Å². The van der Waals surface area contributed by atoms with Gasteiger partial charge in [0.25, 0.3) is 5.91 Å². The topological polar surface area (TPSA) is 93.7 Å². The molecule has 1 saturated heterocycles. The second kappa shape index (κ2) is 7.00.